The van der Waals surface area contributed by atoms with Crippen molar-refractivity contribution >= 4 is 5.97 Å². The third-order valence-electron chi connectivity index (χ3n) is 4.14. The maximum Gasteiger partial charge on any atom is 0.314 e. The number of ether oxygens (including phenoxy) is 1. The van der Waals surface area contributed by atoms with E-state index in [0.717, 1.165) is 37.9 Å². The molecule has 2 rings (SSSR count). The van der Waals surface area contributed by atoms with Gasteiger partial charge >= 0.3 is 5.97 Å². The lowest BCUT2D eigenvalue weighted by Gasteiger charge is -2.27. The maximum atomic E-state index is 13.0. The van der Waals surface area contributed by atoms with Gasteiger partial charge in [-0.3, -0.25) is 4.79 Å². The molecule has 0 saturated heterocycles. The van der Waals surface area contributed by atoms with Gasteiger partial charge in [-0.1, -0.05) is 26.2 Å². The van der Waals surface area contributed by atoms with Crippen LogP contribution in [0.25, 0.3) is 0 Å². The third-order valence-corrected chi connectivity index (χ3v) is 4.14. The van der Waals surface area contributed by atoms with Gasteiger partial charge in [-0.15, -0.1) is 0 Å². The lowest BCUT2D eigenvalue weighted by atomic mass is 9.80. The maximum absolute atomic E-state index is 13.0. The van der Waals surface area contributed by atoms with Gasteiger partial charge in [-0.05, 0) is 31.6 Å². The molecule has 0 N–H and O–H groups in total. The number of rotatable bonds is 5. The topological polar surface area (TPSA) is 39.2 Å². The van der Waals surface area contributed by atoms with E-state index in [4.69, 9.17) is 4.74 Å². The summed E-state index contributed by atoms with van der Waals surface area (Å²) in [5, 5.41) is 0. The molecule has 5 heteroatoms. The first-order valence-electron chi connectivity index (χ1n) is 7.63. The van der Waals surface area contributed by atoms with Crippen LogP contribution in [-0.4, -0.2) is 11.0 Å². The molecular weight excluding hydrogens is 276 g/mol. The molecule has 0 aliphatic heterocycles. The molecule has 1 heterocycles. The minimum Gasteiger partial charge on any atom is -0.425 e. The molecule has 1 aromatic rings. The minimum absolute atomic E-state index is 0.0352. The van der Waals surface area contributed by atoms with Gasteiger partial charge in [-0.25, -0.2) is 9.37 Å². The summed E-state index contributed by atoms with van der Waals surface area (Å²) in [7, 11) is 0. The van der Waals surface area contributed by atoms with Crippen molar-refractivity contribution in [2.45, 2.75) is 51.9 Å². The Labute approximate surface area is 123 Å². The average Bonchev–Trinajstić information content (AvgIpc) is 2.49. The fourth-order valence-corrected chi connectivity index (χ4v) is 2.84. The van der Waals surface area contributed by atoms with Crippen LogP contribution >= 0.6 is 0 Å². The lowest BCUT2D eigenvalue weighted by Crippen LogP contribution is -2.25. The number of carbonyl (C=O) groups excluding carboxylic acids is 1. The number of carbonyl (C=O) groups is 1. The second-order valence-electron chi connectivity index (χ2n) is 5.72. The van der Waals surface area contributed by atoms with Gasteiger partial charge in [0.05, 0.1) is 12.1 Å². The van der Waals surface area contributed by atoms with E-state index in [1.54, 1.807) is 0 Å². The Hall–Kier alpha value is -1.52. The highest BCUT2D eigenvalue weighted by Crippen LogP contribution is 2.32. The predicted octanol–water partition coefficient (Wildman–Crippen LogP) is 4.26. The van der Waals surface area contributed by atoms with Gasteiger partial charge in [0.1, 0.15) is 0 Å². The van der Waals surface area contributed by atoms with Gasteiger partial charge in [0, 0.05) is 6.07 Å². The highest BCUT2D eigenvalue weighted by atomic mass is 19.2. The molecule has 1 fully saturated rings. The molecule has 0 bridgehead atoms. The summed E-state index contributed by atoms with van der Waals surface area (Å²) in [4.78, 5) is 15.2. The van der Waals surface area contributed by atoms with Crippen LogP contribution in [0.4, 0.5) is 8.78 Å². The largest absolute Gasteiger partial charge is 0.425 e. The second kappa shape index (κ2) is 7.48. The summed E-state index contributed by atoms with van der Waals surface area (Å²) >= 11 is 0. The number of pyridine rings is 1. The van der Waals surface area contributed by atoms with Crippen molar-refractivity contribution in [3.8, 4) is 5.75 Å². The number of esters is 1. The SMILES string of the molecule is CCCCC1CCC(C(=O)Oc2cnc(F)c(F)c2)CC1. The van der Waals surface area contributed by atoms with Crippen LogP contribution in [0.15, 0.2) is 12.3 Å². The monoisotopic (exact) mass is 297 g/mol. The molecule has 0 unspecified atom stereocenters. The first-order chi connectivity index (χ1) is 10.1. The Kier molecular flexibility index (Phi) is 5.65. The number of aromatic nitrogens is 1. The van der Waals surface area contributed by atoms with Gasteiger partial charge < -0.3 is 4.74 Å². The Balaban J connectivity index is 1.83. The first kappa shape index (κ1) is 15.9. The van der Waals surface area contributed by atoms with Gasteiger partial charge in [0.2, 0.25) is 5.95 Å². The summed E-state index contributed by atoms with van der Waals surface area (Å²) in [5.74, 6) is -2.13. The fourth-order valence-electron chi connectivity index (χ4n) is 2.84. The van der Waals surface area contributed by atoms with Crippen LogP contribution in [0.3, 0.4) is 0 Å². The zero-order valence-corrected chi connectivity index (χ0v) is 12.3. The third kappa shape index (κ3) is 4.48. The fraction of sp³-hybridized carbons (Fsp3) is 0.625. The van der Waals surface area contributed by atoms with Crippen LogP contribution < -0.4 is 4.74 Å². The average molecular weight is 297 g/mol. The highest BCUT2D eigenvalue weighted by Gasteiger charge is 2.27. The van der Waals surface area contributed by atoms with Crippen molar-refractivity contribution in [2.24, 2.45) is 11.8 Å². The van der Waals surface area contributed by atoms with Crippen LogP contribution in [0.1, 0.15) is 51.9 Å². The van der Waals surface area contributed by atoms with E-state index in [-0.39, 0.29) is 17.6 Å². The Morgan fingerprint density at radius 2 is 2.05 bits per heavy atom. The van der Waals surface area contributed by atoms with Crippen molar-refractivity contribution in [3.05, 3.63) is 24.0 Å². The number of hydrogen-bond donors (Lipinski definition) is 0. The predicted molar refractivity (Wildman–Crippen MR) is 74.8 cm³/mol. The smallest absolute Gasteiger partial charge is 0.314 e. The summed E-state index contributed by atoms with van der Waals surface area (Å²) in [6.07, 6.45) is 8.39. The van der Waals surface area contributed by atoms with E-state index in [1.807, 2.05) is 0 Å². The molecule has 1 aliphatic carbocycles. The molecule has 0 spiro atoms. The van der Waals surface area contributed by atoms with E-state index < -0.39 is 11.8 Å². The van der Waals surface area contributed by atoms with Gasteiger partial charge in [-0.2, -0.15) is 4.39 Å². The zero-order chi connectivity index (χ0) is 15.2. The van der Waals surface area contributed by atoms with Gasteiger partial charge in [0.25, 0.3) is 0 Å². The van der Waals surface area contributed by atoms with Crippen molar-refractivity contribution < 1.29 is 18.3 Å². The van der Waals surface area contributed by atoms with Crippen molar-refractivity contribution in [1.82, 2.24) is 4.98 Å². The molecule has 0 radical (unpaired) electrons. The van der Waals surface area contributed by atoms with Crippen molar-refractivity contribution in [1.29, 1.82) is 0 Å². The van der Waals surface area contributed by atoms with E-state index in [1.165, 1.54) is 19.3 Å². The van der Waals surface area contributed by atoms with Crippen molar-refractivity contribution in [3.63, 3.8) is 0 Å². The van der Waals surface area contributed by atoms with E-state index in [0.29, 0.717) is 5.92 Å². The Morgan fingerprint density at radius 1 is 1.33 bits per heavy atom. The van der Waals surface area contributed by atoms with Gasteiger partial charge in [0.15, 0.2) is 11.6 Å². The van der Waals surface area contributed by atoms with Crippen LogP contribution in [-0.2, 0) is 4.79 Å². The number of halogens is 2. The summed E-state index contributed by atoms with van der Waals surface area (Å²) < 4.78 is 30.8. The van der Waals surface area contributed by atoms with Crippen molar-refractivity contribution in [2.75, 3.05) is 0 Å². The Bertz CT molecular complexity index is 485. The van der Waals surface area contributed by atoms with Crippen LogP contribution in [0, 0.1) is 23.6 Å². The molecule has 0 amide bonds. The Morgan fingerprint density at radius 3 is 2.67 bits per heavy atom. The molecule has 3 nitrogen and oxygen atoms in total. The lowest BCUT2D eigenvalue weighted by molar-refractivity contribution is -0.140. The molecule has 1 saturated carbocycles. The zero-order valence-electron chi connectivity index (χ0n) is 12.3. The molecule has 116 valence electrons. The van der Waals surface area contributed by atoms with Crippen LogP contribution in [0.2, 0.25) is 0 Å². The van der Waals surface area contributed by atoms with E-state index in [2.05, 4.69) is 11.9 Å². The molecular formula is C16H21F2NO2. The standard InChI is InChI=1S/C16H21F2NO2/c1-2-3-4-11-5-7-12(8-6-11)16(20)21-13-9-14(17)15(18)19-10-13/h9-12H,2-8H2,1H3. The summed E-state index contributed by atoms with van der Waals surface area (Å²) in [6, 6.07) is 0.854. The second-order valence-corrected chi connectivity index (χ2v) is 5.72. The molecule has 1 aliphatic rings. The van der Waals surface area contributed by atoms with E-state index in [9.17, 15) is 13.6 Å². The van der Waals surface area contributed by atoms with Crippen LogP contribution in [0.5, 0.6) is 5.75 Å². The first-order valence-corrected chi connectivity index (χ1v) is 7.63. The summed E-state index contributed by atoms with van der Waals surface area (Å²) in [5.41, 5.74) is 0. The van der Waals surface area contributed by atoms with E-state index >= 15 is 0 Å². The number of hydrogen-bond acceptors (Lipinski definition) is 3. The quantitative estimate of drug-likeness (QED) is 0.602. The molecule has 1 aromatic heterocycles. The normalized spacial score (nSPS) is 22.0. The number of unbranched alkanes of at least 4 members (excludes halogenated alkanes) is 1. The molecule has 0 aromatic carbocycles. The molecule has 0 atom stereocenters. The minimum atomic E-state index is -1.19. The number of nitrogens with zero attached hydrogens (tertiary/aromatic N) is 1. The summed E-state index contributed by atoms with van der Waals surface area (Å²) in [6.45, 7) is 2.18. The highest BCUT2D eigenvalue weighted by molar-refractivity contribution is 5.75. The molecule has 21 heavy (non-hydrogen) atoms.